The molecular formula is C24H15ClN2O5. The van der Waals surface area contributed by atoms with E-state index in [-0.39, 0.29) is 29.0 Å². The van der Waals surface area contributed by atoms with E-state index in [1.165, 1.54) is 17.0 Å². The van der Waals surface area contributed by atoms with Gasteiger partial charge < -0.3 is 9.32 Å². The lowest BCUT2D eigenvalue weighted by molar-refractivity contribution is -0.384. The van der Waals surface area contributed by atoms with E-state index in [1.807, 2.05) is 6.07 Å². The van der Waals surface area contributed by atoms with Crippen molar-refractivity contribution in [1.82, 2.24) is 4.90 Å². The molecule has 1 aliphatic heterocycles. The maximum absolute atomic E-state index is 13.4. The predicted octanol–water partition coefficient (Wildman–Crippen LogP) is 5.10. The molecule has 0 spiro atoms. The number of fused-ring (bicyclic) bond motifs is 2. The van der Waals surface area contributed by atoms with E-state index in [9.17, 15) is 19.7 Å². The van der Waals surface area contributed by atoms with Gasteiger partial charge in [0, 0.05) is 23.7 Å². The molecule has 4 aromatic rings. The number of hydrogen-bond donors (Lipinski definition) is 0. The Morgan fingerprint density at radius 1 is 0.969 bits per heavy atom. The Labute approximate surface area is 186 Å². The van der Waals surface area contributed by atoms with Crippen molar-refractivity contribution in [1.29, 1.82) is 0 Å². The zero-order valence-corrected chi connectivity index (χ0v) is 17.3. The third-order valence-electron chi connectivity index (χ3n) is 5.59. The number of benzene rings is 3. The van der Waals surface area contributed by atoms with Crippen LogP contribution in [0.4, 0.5) is 5.69 Å². The number of halogens is 1. The van der Waals surface area contributed by atoms with Gasteiger partial charge in [-0.3, -0.25) is 19.7 Å². The van der Waals surface area contributed by atoms with Crippen LogP contribution in [0.25, 0.3) is 11.0 Å². The van der Waals surface area contributed by atoms with Gasteiger partial charge in [-0.2, -0.15) is 0 Å². The van der Waals surface area contributed by atoms with Crippen molar-refractivity contribution in [3.63, 3.8) is 0 Å². The highest BCUT2D eigenvalue weighted by molar-refractivity contribution is 6.31. The Morgan fingerprint density at radius 2 is 1.66 bits per heavy atom. The highest BCUT2D eigenvalue weighted by Gasteiger charge is 2.43. The number of nitrogens with zero attached hydrogens (tertiary/aromatic N) is 2. The summed E-state index contributed by atoms with van der Waals surface area (Å²) in [6.07, 6.45) is 0. The van der Waals surface area contributed by atoms with Crippen LogP contribution in [0, 0.1) is 10.1 Å². The van der Waals surface area contributed by atoms with Crippen LogP contribution in [-0.2, 0) is 6.54 Å². The zero-order valence-electron chi connectivity index (χ0n) is 16.5. The number of nitro benzene ring substituents is 1. The lowest BCUT2D eigenvalue weighted by Gasteiger charge is -2.25. The molecule has 1 unspecified atom stereocenters. The Kier molecular flexibility index (Phi) is 4.75. The van der Waals surface area contributed by atoms with Gasteiger partial charge in [0.2, 0.25) is 5.76 Å². The quantitative estimate of drug-likeness (QED) is 0.321. The molecule has 3 aromatic carbocycles. The van der Waals surface area contributed by atoms with E-state index >= 15 is 0 Å². The number of rotatable bonds is 4. The number of amides is 1. The van der Waals surface area contributed by atoms with Gasteiger partial charge in [-0.25, -0.2) is 0 Å². The first-order valence-electron chi connectivity index (χ1n) is 9.80. The fraction of sp³-hybridized carbons (Fsp3) is 0.0833. The Hall–Kier alpha value is -3.97. The normalized spacial score (nSPS) is 15.2. The summed E-state index contributed by atoms with van der Waals surface area (Å²) in [5.74, 6) is -0.463. The van der Waals surface area contributed by atoms with E-state index in [0.717, 1.165) is 0 Å². The predicted molar refractivity (Wildman–Crippen MR) is 119 cm³/mol. The van der Waals surface area contributed by atoms with Crippen LogP contribution in [0.15, 0.2) is 82.0 Å². The molecule has 32 heavy (non-hydrogen) atoms. The number of non-ortho nitro benzene ring substituents is 1. The average molecular weight is 447 g/mol. The SMILES string of the molecule is O=C1c2oc3ccccc3c(=O)c2C(c2ccc([N+](=O)[O-])cc2)N1Cc1ccccc1Cl. The first-order valence-corrected chi connectivity index (χ1v) is 10.2. The Morgan fingerprint density at radius 3 is 2.38 bits per heavy atom. The van der Waals surface area contributed by atoms with Crippen molar-refractivity contribution >= 4 is 34.2 Å². The van der Waals surface area contributed by atoms with Crippen molar-refractivity contribution in [2.75, 3.05) is 0 Å². The van der Waals surface area contributed by atoms with Gasteiger partial charge in [-0.15, -0.1) is 0 Å². The fourth-order valence-corrected chi connectivity index (χ4v) is 4.26. The van der Waals surface area contributed by atoms with E-state index in [0.29, 0.717) is 27.1 Å². The Bertz CT molecular complexity index is 1450. The molecule has 0 N–H and O–H groups in total. The maximum Gasteiger partial charge on any atom is 0.291 e. The molecule has 0 radical (unpaired) electrons. The summed E-state index contributed by atoms with van der Waals surface area (Å²) in [5, 5.41) is 11.9. The average Bonchev–Trinajstić information content (AvgIpc) is 3.07. The van der Waals surface area contributed by atoms with Gasteiger partial charge in [-0.05, 0) is 41.5 Å². The summed E-state index contributed by atoms with van der Waals surface area (Å²) in [6, 6.07) is 18.9. The summed E-state index contributed by atoms with van der Waals surface area (Å²) in [6.45, 7) is 0.139. The van der Waals surface area contributed by atoms with Gasteiger partial charge >= 0.3 is 0 Å². The van der Waals surface area contributed by atoms with Crippen LogP contribution >= 0.6 is 11.6 Å². The lowest BCUT2D eigenvalue weighted by Crippen LogP contribution is -2.29. The highest BCUT2D eigenvalue weighted by atomic mass is 35.5. The van der Waals surface area contributed by atoms with Crippen LogP contribution in [0.1, 0.15) is 33.3 Å². The molecule has 0 bridgehead atoms. The molecule has 0 saturated heterocycles. The van der Waals surface area contributed by atoms with E-state index < -0.39 is 16.9 Å². The third kappa shape index (κ3) is 3.14. The molecule has 0 saturated carbocycles. The highest BCUT2D eigenvalue weighted by Crippen LogP contribution is 2.40. The van der Waals surface area contributed by atoms with Gasteiger partial charge in [0.25, 0.3) is 11.6 Å². The minimum Gasteiger partial charge on any atom is -0.450 e. The van der Waals surface area contributed by atoms with Crippen LogP contribution in [0.3, 0.4) is 0 Å². The molecule has 5 rings (SSSR count). The lowest BCUT2D eigenvalue weighted by atomic mass is 9.98. The second kappa shape index (κ2) is 7.62. The molecule has 0 aliphatic carbocycles. The van der Waals surface area contributed by atoms with Crippen molar-refractivity contribution in [2.24, 2.45) is 0 Å². The van der Waals surface area contributed by atoms with Crippen LogP contribution in [0.5, 0.6) is 0 Å². The number of para-hydroxylation sites is 1. The van der Waals surface area contributed by atoms with Gasteiger partial charge in [0.15, 0.2) is 5.43 Å². The molecule has 1 aromatic heterocycles. The van der Waals surface area contributed by atoms with Crippen molar-refractivity contribution in [2.45, 2.75) is 12.6 Å². The third-order valence-corrected chi connectivity index (χ3v) is 5.96. The first-order chi connectivity index (χ1) is 15.5. The van der Waals surface area contributed by atoms with Crippen molar-refractivity contribution in [3.8, 4) is 0 Å². The summed E-state index contributed by atoms with van der Waals surface area (Å²) in [7, 11) is 0. The van der Waals surface area contributed by atoms with Gasteiger partial charge in [-0.1, -0.05) is 41.9 Å². The molecular weight excluding hydrogens is 432 g/mol. The maximum atomic E-state index is 13.4. The number of carbonyl (C=O) groups is 1. The minimum absolute atomic E-state index is 0.0240. The smallest absolute Gasteiger partial charge is 0.291 e. The number of carbonyl (C=O) groups excluding carboxylic acids is 1. The first kappa shape index (κ1) is 20.0. The topological polar surface area (TPSA) is 93.7 Å². The number of hydrogen-bond acceptors (Lipinski definition) is 5. The second-order valence-corrected chi connectivity index (χ2v) is 7.85. The monoisotopic (exact) mass is 446 g/mol. The van der Waals surface area contributed by atoms with Crippen LogP contribution < -0.4 is 5.43 Å². The summed E-state index contributed by atoms with van der Waals surface area (Å²) >= 11 is 6.33. The molecule has 8 heteroatoms. The largest absolute Gasteiger partial charge is 0.450 e. The minimum atomic E-state index is -0.768. The molecule has 158 valence electrons. The van der Waals surface area contributed by atoms with Gasteiger partial charge in [0.1, 0.15) is 5.58 Å². The summed E-state index contributed by atoms with van der Waals surface area (Å²) in [4.78, 5) is 38.9. The van der Waals surface area contributed by atoms with Crippen molar-refractivity contribution < 1.29 is 14.1 Å². The van der Waals surface area contributed by atoms with E-state index in [2.05, 4.69) is 0 Å². The molecule has 1 atom stereocenters. The van der Waals surface area contributed by atoms with E-state index in [4.69, 9.17) is 16.0 Å². The molecule has 0 fully saturated rings. The van der Waals surface area contributed by atoms with E-state index in [1.54, 1.807) is 54.6 Å². The molecule has 1 aliphatic rings. The Balaban J connectivity index is 1.71. The van der Waals surface area contributed by atoms with Crippen LogP contribution in [0.2, 0.25) is 5.02 Å². The van der Waals surface area contributed by atoms with Gasteiger partial charge in [0.05, 0.1) is 21.9 Å². The standard InChI is InChI=1S/C24H15ClN2O5/c25-18-7-3-1-5-15(18)13-26-21(14-9-11-16(12-10-14)27(30)31)20-22(28)17-6-2-4-8-19(17)32-23(20)24(26)29/h1-12,21H,13H2. The van der Waals surface area contributed by atoms with Crippen LogP contribution in [-0.4, -0.2) is 15.7 Å². The summed E-state index contributed by atoms with van der Waals surface area (Å²) < 4.78 is 5.88. The number of nitro groups is 1. The molecule has 7 nitrogen and oxygen atoms in total. The molecule has 1 amide bonds. The van der Waals surface area contributed by atoms with Crippen molar-refractivity contribution in [3.05, 3.63) is 121 Å². The zero-order chi connectivity index (χ0) is 22.4. The fourth-order valence-electron chi connectivity index (χ4n) is 4.07. The molecule has 2 heterocycles. The second-order valence-electron chi connectivity index (χ2n) is 7.45. The summed E-state index contributed by atoms with van der Waals surface area (Å²) in [5.41, 5.74) is 1.43.